The van der Waals surface area contributed by atoms with Crippen LogP contribution in [-0.2, 0) is 19.6 Å². The quantitative estimate of drug-likeness (QED) is 0.517. The molecule has 3 amide bonds. The fourth-order valence-corrected chi connectivity index (χ4v) is 4.71. The SMILES string of the molecule is CCOC(=O)c1ccc(S(=O)(=O)N2CCC(C(=O)Nc3ccc(NC(=O)NC)cc3)CC2)o1. The van der Waals surface area contributed by atoms with Gasteiger partial charge in [0.05, 0.1) is 6.61 Å². The predicted molar refractivity (Wildman–Crippen MR) is 119 cm³/mol. The Morgan fingerprint density at radius 2 is 1.64 bits per heavy atom. The summed E-state index contributed by atoms with van der Waals surface area (Å²) < 4.78 is 36.9. The Balaban J connectivity index is 1.55. The first-order valence-electron chi connectivity index (χ1n) is 10.4. The highest BCUT2D eigenvalue weighted by Gasteiger charge is 2.34. The molecule has 0 radical (unpaired) electrons. The van der Waals surface area contributed by atoms with Gasteiger partial charge in [0.25, 0.3) is 10.0 Å². The van der Waals surface area contributed by atoms with Gasteiger partial charge in [-0.3, -0.25) is 4.79 Å². The molecule has 3 N–H and O–H groups in total. The highest BCUT2D eigenvalue weighted by molar-refractivity contribution is 7.89. The maximum Gasteiger partial charge on any atom is 0.374 e. The molecule has 12 heteroatoms. The van der Waals surface area contributed by atoms with Gasteiger partial charge >= 0.3 is 12.0 Å². The van der Waals surface area contributed by atoms with E-state index in [-0.39, 0.29) is 48.4 Å². The minimum Gasteiger partial charge on any atom is -0.460 e. The van der Waals surface area contributed by atoms with Crippen LogP contribution in [0.1, 0.15) is 30.3 Å². The molecule has 1 aliphatic rings. The molecule has 0 bridgehead atoms. The molecule has 0 atom stereocenters. The Morgan fingerprint density at radius 1 is 1.03 bits per heavy atom. The minimum atomic E-state index is -3.93. The Hall–Kier alpha value is -3.38. The number of carbonyl (C=O) groups is 3. The molecule has 1 aromatic carbocycles. The number of carbonyl (C=O) groups excluding carboxylic acids is 3. The highest BCUT2D eigenvalue weighted by Crippen LogP contribution is 2.26. The number of hydrogen-bond acceptors (Lipinski definition) is 7. The Kier molecular flexibility index (Phi) is 7.71. The van der Waals surface area contributed by atoms with Gasteiger partial charge in [-0.05, 0) is 56.2 Å². The Bertz CT molecular complexity index is 1100. The van der Waals surface area contributed by atoms with Gasteiger partial charge in [-0.25, -0.2) is 18.0 Å². The van der Waals surface area contributed by atoms with Gasteiger partial charge in [-0.1, -0.05) is 0 Å². The van der Waals surface area contributed by atoms with E-state index in [1.165, 1.54) is 23.5 Å². The summed E-state index contributed by atoms with van der Waals surface area (Å²) in [5, 5.41) is 7.55. The lowest BCUT2D eigenvalue weighted by Gasteiger charge is -2.29. The second-order valence-corrected chi connectivity index (χ2v) is 9.16. The number of furan rings is 1. The molecule has 0 saturated carbocycles. The first-order chi connectivity index (χ1) is 15.7. The van der Waals surface area contributed by atoms with Crippen molar-refractivity contribution in [2.75, 3.05) is 37.4 Å². The largest absolute Gasteiger partial charge is 0.460 e. The molecule has 178 valence electrons. The number of sulfonamides is 1. The van der Waals surface area contributed by atoms with Crippen LogP contribution in [-0.4, -0.2) is 57.4 Å². The number of nitrogens with zero attached hydrogens (tertiary/aromatic N) is 1. The van der Waals surface area contributed by atoms with E-state index in [2.05, 4.69) is 16.0 Å². The van der Waals surface area contributed by atoms with Gasteiger partial charge in [-0.15, -0.1) is 0 Å². The molecular weight excluding hydrogens is 452 g/mol. The number of hydrogen-bond donors (Lipinski definition) is 3. The third-order valence-electron chi connectivity index (χ3n) is 5.11. The number of amides is 3. The number of urea groups is 1. The summed E-state index contributed by atoms with van der Waals surface area (Å²) in [7, 11) is -2.42. The van der Waals surface area contributed by atoms with Crippen molar-refractivity contribution in [1.82, 2.24) is 9.62 Å². The zero-order valence-electron chi connectivity index (χ0n) is 18.3. The number of esters is 1. The van der Waals surface area contributed by atoms with Gasteiger partial charge in [0.15, 0.2) is 0 Å². The zero-order valence-corrected chi connectivity index (χ0v) is 19.1. The molecule has 1 aromatic heterocycles. The lowest BCUT2D eigenvalue weighted by atomic mass is 9.97. The van der Waals surface area contributed by atoms with Crippen LogP contribution in [0.15, 0.2) is 45.9 Å². The zero-order chi connectivity index (χ0) is 24.0. The number of nitrogens with one attached hydrogen (secondary N) is 3. The molecule has 33 heavy (non-hydrogen) atoms. The van der Waals surface area contributed by atoms with E-state index in [0.29, 0.717) is 24.2 Å². The smallest absolute Gasteiger partial charge is 0.374 e. The summed E-state index contributed by atoms with van der Waals surface area (Å²) in [5.41, 5.74) is 1.15. The molecule has 1 fully saturated rings. The van der Waals surface area contributed by atoms with Crippen LogP contribution < -0.4 is 16.0 Å². The highest BCUT2D eigenvalue weighted by atomic mass is 32.2. The van der Waals surface area contributed by atoms with Crippen molar-refractivity contribution >= 4 is 39.3 Å². The summed E-state index contributed by atoms with van der Waals surface area (Å²) >= 11 is 0. The molecule has 3 rings (SSSR count). The predicted octanol–water partition coefficient (Wildman–Crippen LogP) is 2.25. The molecule has 0 unspecified atom stereocenters. The first-order valence-corrected chi connectivity index (χ1v) is 11.9. The molecule has 1 aliphatic heterocycles. The van der Waals surface area contributed by atoms with E-state index >= 15 is 0 Å². The van der Waals surface area contributed by atoms with E-state index < -0.39 is 16.0 Å². The van der Waals surface area contributed by atoms with Gasteiger partial charge < -0.3 is 25.1 Å². The summed E-state index contributed by atoms with van der Waals surface area (Å²) in [4.78, 5) is 35.7. The van der Waals surface area contributed by atoms with Crippen LogP contribution in [0, 0.1) is 5.92 Å². The summed E-state index contributed by atoms with van der Waals surface area (Å²) in [6.45, 7) is 2.07. The van der Waals surface area contributed by atoms with Crippen LogP contribution in [0.5, 0.6) is 0 Å². The van der Waals surface area contributed by atoms with Crippen LogP contribution in [0.2, 0.25) is 0 Å². The monoisotopic (exact) mass is 478 g/mol. The van der Waals surface area contributed by atoms with Crippen molar-refractivity contribution in [2.24, 2.45) is 5.92 Å². The van der Waals surface area contributed by atoms with Gasteiger partial charge in [0.2, 0.25) is 16.8 Å². The lowest BCUT2D eigenvalue weighted by Crippen LogP contribution is -2.41. The van der Waals surface area contributed by atoms with Crippen molar-refractivity contribution in [1.29, 1.82) is 0 Å². The van der Waals surface area contributed by atoms with Crippen molar-refractivity contribution in [3.63, 3.8) is 0 Å². The van der Waals surface area contributed by atoms with Crippen LogP contribution in [0.4, 0.5) is 16.2 Å². The average molecular weight is 479 g/mol. The summed E-state index contributed by atoms with van der Waals surface area (Å²) in [5.74, 6) is -1.47. The maximum absolute atomic E-state index is 12.8. The average Bonchev–Trinajstić information content (AvgIpc) is 3.32. The van der Waals surface area contributed by atoms with E-state index in [1.807, 2.05) is 0 Å². The van der Waals surface area contributed by atoms with E-state index in [0.717, 1.165) is 0 Å². The van der Waals surface area contributed by atoms with Crippen LogP contribution in [0.25, 0.3) is 0 Å². The molecular formula is C21H26N4O7S. The standard InChI is InChI=1S/C21H26N4O7S/c1-3-31-20(27)17-8-9-18(32-17)33(29,30)25-12-10-14(11-13-25)19(26)23-15-4-6-16(7-5-15)24-21(28)22-2/h4-9,14H,3,10-13H2,1-2H3,(H,23,26)(H2,22,24,28). The van der Waals surface area contributed by atoms with Gasteiger partial charge in [-0.2, -0.15) is 4.31 Å². The topological polar surface area (TPSA) is 147 Å². The normalized spacial score (nSPS) is 15.0. The van der Waals surface area contributed by atoms with E-state index in [1.54, 1.807) is 31.2 Å². The molecule has 2 heterocycles. The third-order valence-corrected chi connectivity index (χ3v) is 6.89. The Labute approximate surface area is 191 Å². The molecule has 11 nitrogen and oxygen atoms in total. The molecule has 1 saturated heterocycles. The van der Waals surface area contributed by atoms with Crippen LogP contribution in [0.3, 0.4) is 0 Å². The number of benzene rings is 1. The second-order valence-electron chi connectivity index (χ2n) is 7.29. The molecule has 0 spiro atoms. The van der Waals surface area contributed by atoms with Crippen molar-refractivity contribution in [3.8, 4) is 0 Å². The molecule has 0 aliphatic carbocycles. The third kappa shape index (κ3) is 5.90. The first kappa shape index (κ1) is 24.3. The number of ether oxygens (including phenoxy) is 1. The van der Waals surface area contributed by atoms with E-state index in [4.69, 9.17) is 9.15 Å². The van der Waals surface area contributed by atoms with Crippen molar-refractivity contribution < 1.29 is 32.0 Å². The van der Waals surface area contributed by atoms with Crippen molar-refractivity contribution in [2.45, 2.75) is 24.9 Å². The summed E-state index contributed by atoms with van der Waals surface area (Å²) in [6.07, 6.45) is 0.680. The number of piperidine rings is 1. The number of rotatable bonds is 7. The Morgan fingerprint density at radius 3 is 2.21 bits per heavy atom. The van der Waals surface area contributed by atoms with Gasteiger partial charge in [0, 0.05) is 37.4 Å². The fraction of sp³-hybridized carbons (Fsp3) is 0.381. The van der Waals surface area contributed by atoms with Crippen LogP contribution >= 0.6 is 0 Å². The lowest BCUT2D eigenvalue weighted by molar-refractivity contribution is -0.120. The minimum absolute atomic E-state index is 0.144. The van der Waals surface area contributed by atoms with E-state index in [9.17, 15) is 22.8 Å². The van der Waals surface area contributed by atoms with Crippen molar-refractivity contribution in [3.05, 3.63) is 42.2 Å². The fourth-order valence-electron chi connectivity index (χ4n) is 3.33. The second kappa shape index (κ2) is 10.5. The van der Waals surface area contributed by atoms with Gasteiger partial charge in [0.1, 0.15) is 0 Å². The number of anilines is 2. The maximum atomic E-state index is 12.8. The summed E-state index contributed by atoms with van der Waals surface area (Å²) in [6, 6.07) is 8.80. The molecule has 2 aromatic rings.